The number of aryl methyl sites for hydroxylation is 1. The summed E-state index contributed by atoms with van der Waals surface area (Å²) < 4.78 is 5.39. The zero-order valence-corrected chi connectivity index (χ0v) is 15.7. The van der Waals surface area contributed by atoms with Gasteiger partial charge < -0.3 is 15.4 Å². The highest BCUT2D eigenvalue weighted by Crippen LogP contribution is 2.33. The molecule has 0 aliphatic heterocycles. The van der Waals surface area contributed by atoms with E-state index >= 15 is 0 Å². The van der Waals surface area contributed by atoms with Gasteiger partial charge in [0.25, 0.3) is 0 Å². The number of carbonyl (C=O) groups excluding carboxylic acids is 1. The molecule has 1 heterocycles. The normalized spacial score (nSPS) is 24.6. The Morgan fingerprint density at radius 2 is 2.21 bits per heavy atom. The van der Waals surface area contributed by atoms with Crippen molar-refractivity contribution < 1.29 is 9.53 Å². The van der Waals surface area contributed by atoms with E-state index in [4.69, 9.17) is 4.74 Å². The van der Waals surface area contributed by atoms with E-state index in [0.29, 0.717) is 12.5 Å². The largest absolute Gasteiger partial charge is 0.444 e. The molecule has 1 saturated carbocycles. The van der Waals surface area contributed by atoms with E-state index in [9.17, 15) is 4.79 Å². The summed E-state index contributed by atoms with van der Waals surface area (Å²) in [5.41, 5.74) is 1.68. The summed E-state index contributed by atoms with van der Waals surface area (Å²) in [4.78, 5) is 12.1. The minimum Gasteiger partial charge on any atom is -0.444 e. The van der Waals surface area contributed by atoms with Crippen molar-refractivity contribution in [2.75, 3.05) is 6.54 Å². The van der Waals surface area contributed by atoms with Gasteiger partial charge in [-0.25, -0.2) is 4.79 Å². The molecule has 1 aromatic rings. The van der Waals surface area contributed by atoms with Crippen LogP contribution in [-0.2, 0) is 11.3 Å². The first-order valence-electron chi connectivity index (χ1n) is 8.92. The Bertz CT molecular complexity index is 549. The quantitative estimate of drug-likeness (QED) is 0.771. The first kappa shape index (κ1) is 18.8. The second-order valence-corrected chi connectivity index (χ2v) is 8.03. The fraction of sp³-hybridized carbons (Fsp3) is 0.778. The molecule has 1 aliphatic rings. The average Bonchev–Trinajstić information content (AvgIpc) is 2.89. The van der Waals surface area contributed by atoms with Crippen LogP contribution in [0, 0.1) is 12.8 Å². The van der Waals surface area contributed by atoms with Crippen molar-refractivity contribution in [2.24, 2.45) is 5.92 Å². The summed E-state index contributed by atoms with van der Waals surface area (Å²) in [5, 5.41) is 13.8. The summed E-state index contributed by atoms with van der Waals surface area (Å²) in [6, 6.07) is 0. The Morgan fingerprint density at radius 1 is 1.46 bits per heavy atom. The van der Waals surface area contributed by atoms with E-state index in [-0.39, 0.29) is 11.6 Å². The van der Waals surface area contributed by atoms with Crippen molar-refractivity contribution in [1.82, 2.24) is 20.8 Å². The summed E-state index contributed by atoms with van der Waals surface area (Å²) in [5.74, 6) is 0.494. The minimum absolute atomic E-state index is 0.0983. The maximum Gasteiger partial charge on any atom is 0.407 e. The van der Waals surface area contributed by atoms with E-state index in [2.05, 4.69) is 27.8 Å². The first-order chi connectivity index (χ1) is 11.2. The van der Waals surface area contributed by atoms with Crippen LogP contribution in [0.15, 0.2) is 6.20 Å². The number of hydrogen-bond donors (Lipinski definition) is 3. The number of amides is 1. The fourth-order valence-corrected chi connectivity index (χ4v) is 3.37. The molecular formula is C18H32N4O2. The SMILES string of the molecule is Cc1[nH]ncc1CNC1(CNC(=O)OC(C)(C)C)CCCCC1C. The van der Waals surface area contributed by atoms with E-state index in [1.807, 2.05) is 33.9 Å². The second-order valence-electron chi connectivity index (χ2n) is 8.03. The molecule has 2 atom stereocenters. The van der Waals surface area contributed by atoms with Gasteiger partial charge in [-0.15, -0.1) is 0 Å². The lowest BCUT2D eigenvalue weighted by Gasteiger charge is -2.44. The van der Waals surface area contributed by atoms with Crippen LogP contribution >= 0.6 is 0 Å². The van der Waals surface area contributed by atoms with Gasteiger partial charge in [-0.1, -0.05) is 19.8 Å². The molecule has 1 aromatic heterocycles. The highest BCUT2D eigenvalue weighted by molar-refractivity contribution is 5.67. The van der Waals surface area contributed by atoms with Gasteiger partial charge in [-0.2, -0.15) is 5.10 Å². The zero-order valence-electron chi connectivity index (χ0n) is 15.7. The molecule has 1 fully saturated rings. The highest BCUT2D eigenvalue weighted by Gasteiger charge is 2.38. The number of nitrogens with one attached hydrogen (secondary N) is 3. The smallest absolute Gasteiger partial charge is 0.407 e. The first-order valence-corrected chi connectivity index (χ1v) is 8.92. The lowest BCUT2D eigenvalue weighted by Crippen LogP contribution is -2.58. The van der Waals surface area contributed by atoms with Crippen molar-refractivity contribution in [3.8, 4) is 0 Å². The van der Waals surface area contributed by atoms with Crippen molar-refractivity contribution in [3.05, 3.63) is 17.5 Å². The minimum atomic E-state index is -0.475. The number of nitrogens with zero attached hydrogens (tertiary/aromatic N) is 1. The number of aromatic amines is 1. The molecule has 0 aromatic carbocycles. The van der Waals surface area contributed by atoms with Crippen LogP contribution < -0.4 is 10.6 Å². The highest BCUT2D eigenvalue weighted by atomic mass is 16.6. The summed E-state index contributed by atoms with van der Waals surface area (Å²) in [6.45, 7) is 11.3. The van der Waals surface area contributed by atoms with Crippen LogP contribution in [0.3, 0.4) is 0 Å². The van der Waals surface area contributed by atoms with Crippen LogP contribution in [0.4, 0.5) is 4.79 Å². The number of ether oxygens (including phenoxy) is 1. The Labute approximate surface area is 145 Å². The standard InChI is InChI=1S/C18H32N4O2/c1-13-8-6-7-9-18(13,12-19-16(23)24-17(3,4)5)20-10-15-11-21-22-14(15)2/h11,13,20H,6-10,12H2,1-5H3,(H,19,23)(H,21,22). The molecule has 1 amide bonds. The number of aromatic nitrogens is 2. The third-order valence-corrected chi connectivity index (χ3v) is 4.97. The summed E-state index contributed by atoms with van der Waals surface area (Å²) >= 11 is 0. The van der Waals surface area contributed by atoms with Gasteiger partial charge in [0.15, 0.2) is 0 Å². The van der Waals surface area contributed by atoms with Crippen LogP contribution in [0.1, 0.15) is 64.6 Å². The fourth-order valence-electron chi connectivity index (χ4n) is 3.37. The maximum absolute atomic E-state index is 12.1. The van der Waals surface area contributed by atoms with Gasteiger partial charge in [-0.3, -0.25) is 5.10 Å². The predicted octanol–water partition coefficient (Wildman–Crippen LogP) is 3.28. The number of H-pyrrole nitrogens is 1. The average molecular weight is 336 g/mol. The summed E-state index contributed by atoms with van der Waals surface area (Å²) in [6.07, 6.45) is 6.18. The van der Waals surface area contributed by atoms with E-state index in [0.717, 1.165) is 18.7 Å². The Kier molecular flexibility index (Phi) is 5.91. The van der Waals surface area contributed by atoms with Gasteiger partial charge in [-0.05, 0) is 46.5 Å². The van der Waals surface area contributed by atoms with Gasteiger partial charge in [0.1, 0.15) is 5.60 Å². The molecule has 0 spiro atoms. The maximum atomic E-state index is 12.1. The number of alkyl carbamates (subject to hydrolysis) is 1. The van der Waals surface area contributed by atoms with Crippen LogP contribution in [0.2, 0.25) is 0 Å². The van der Waals surface area contributed by atoms with Crippen molar-refractivity contribution >= 4 is 6.09 Å². The lowest BCUT2D eigenvalue weighted by atomic mass is 9.73. The molecule has 6 nitrogen and oxygen atoms in total. The predicted molar refractivity (Wildman–Crippen MR) is 94.8 cm³/mol. The second kappa shape index (κ2) is 7.55. The molecule has 0 radical (unpaired) electrons. The molecular weight excluding hydrogens is 304 g/mol. The molecule has 1 aliphatic carbocycles. The number of carbonyl (C=O) groups is 1. The van der Waals surface area contributed by atoms with Gasteiger partial charge in [0.05, 0.1) is 6.20 Å². The molecule has 24 heavy (non-hydrogen) atoms. The third kappa shape index (κ3) is 4.97. The van der Waals surface area contributed by atoms with E-state index in [1.54, 1.807) is 0 Å². The van der Waals surface area contributed by atoms with Crippen LogP contribution in [0.25, 0.3) is 0 Å². The molecule has 0 saturated heterocycles. The zero-order chi connectivity index (χ0) is 17.8. The van der Waals surface area contributed by atoms with Crippen LogP contribution in [0.5, 0.6) is 0 Å². The molecule has 0 bridgehead atoms. The van der Waals surface area contributed by atoms with Crippen molar-refractivity contribution in [1.29, 1.82) is 0 Å². The van der Waals surface area contributed by atoms with Gasteiger partial charge in [0, 0.05) is 29.9 Å². The number of rotatable bonds is 5. The van der Waals surface area contributed by atoms with Gasteiger partial charge >= 0.3 is 6.09 Å². The van der Waals surface area contributed by atoms with Gasteiger partial charge in [0.2, 0.25) is 0 Å². The molecule has 3 N–H and O–H groups in total. The van der Waals surface area contributed by atoms with E-state index < -0.39 is 5.60 Å². The Balaban J connectivity index is 2.01. The lowest BCUT2D eigenvalue weighted by molar-refractivity contribution is 0.0479. The molecule has 2 rings (SSSR count). The molecule has 136 valence electrons. The van der Waals surface area contributed by atoms with Crippen LogP contribution in [-0.4, -0.2) is 34.0 Å². The monoisotopic (exact) mass is 336 g/mol. The number of hydrogen-bond acceptors (Lipinski definition) is 4. The Morgan fingerprint density at radius 3 is 2.79 bits per heavy atom. The summed E-state index contributed by atoms with van der Waals surface area (Å²) in [7, 11) is 0. The van der Waals surface area contributed by atoms with Crippen molar-refractivity contribution in [3.63, 3.8) is 0 Å². The molecule has 2 unspecified atom stereocenters. The third-order valence-electron chi connectivity index (χ3n) is 4.97. The van der Waals surface area contributed by atoms with E-state index in [1.165, 1.54) is 24.8 Å². The van der Waals surface area contributed by atoms with Crippen molar-refractivity contribution in [2.45, 2.75) is 78.0 Å². The topological polar surface area (TPSA) is 79.0 Å². The Hall–Kier alpha value is -1.56. The molecule has 6 heteroatoms.